The van der Waals surface area contributed by atoms with E-state index in [0.29, 0.717) is 16.2 Å². The zero-order chi connectivity index (χ0) is 22.3. The topological polar surface area (TPSA) is 65.6 Å². The van der Waals surface area contributed by atoms with Crippen LogP contribution in [0.15, 0.2) is 63.1 Å². The van der Waals surface area contributed by atoms with E-state index in [4.69, 9.17) is 16.4 Å². The van der Waals surface area contributed by atoms with Gasteiger partial charge in [0, 0.05) is 6.07 Å². The lowest BCUT2D eigenvalue weighted by atomic mass is 10.1. The number of alkyl halides is 2. The molecule has 0 saturated carbocycles. The minimum atomic E-state index is -3.67. The van der Waals surface area contributed by atoms with Gasteiger partial charge in [0.05, 0.1) is 17.7 Å². The molecule has 3 aromatic rings. The van der Waals surface area contributed by atoms with Gasteiger partial charge in [-0.25, -0.2) is 23.1 Å². The van der Waals surface area contributed by atoms with Crippen molar-refractivity contribution in [2.24, 2.45) is 4.99 Å². The third kappa shape index (κ3) is 3.74. The van der Waals surface area contributed by atoms with Crippen molar-refractivity contribution in [1.82, 2.24) is 9.30 Å². The Hall–Kier alpha value is -3.40. The zero-order valence-corrected chi connectivity index (χ0v) is 16.2. The van der Waals surface area contributed by atoms with E-state index < -0.39 is 57.5 Å². The van der Waals surface area contributed by atoms with E-state index >= 15 is 0 Å². The van der Waals surface area contributed by atoms with Gasteiger partial charge in [-0.05, 0) is 17.7 Å². The van der Waals surface area contributed by atoms with Crippen molar-refractivity contribution in [3.63, 3.8) is 0 Å². The van der Waals surface area contributed by atoms with Crippen molar-refractivity contribution >= 4 is 22.6 Å². The maximum absolute atomic E-state index is 14.5. The van der Waals surface area contributed by atoms with Crippen molar-refractivity contribution in [3.05, 3.63) is 92.1 Å². The average molecular weight is 454 g/mol. The number of hydrogen-bond donors (Lipinski definition) is 0. The predicted molar refractivity (Wildman–Crippen MR) is 105 cm³/mol. The van der Waals surface area contributed by atoms with Crippen LogP contribution in [0.5, 0.6) is 0 Å². The Labute approximate surface area is 176 Å². The third-order valence-electron chi connectivity index (χ3n) is 4.55. The Morgan fingerprint density at radius 1 is 1.10 bits per heavy atom. The van der Waals surface area contributed by atoms with Crippen LogP contribution in [0, 0.1) is 11.6 Å². The Balaban J connectivity index is 1.96. The molecule has 4 rings (SSSR count). The highest BCUT2D eigenvalue weighted by Gasteiger charge is 2.42. The number of aliphatic imine (C=N–C) groups is 1. The molecule has 1 aliphatic heterocycles. The molecule has 11 heteroatoms. The Kier molecular flexibility index (Phi) is 5.18. The molecule has 0 atom stereocenters. The van der Waals surface area contributed by atoms with Gasteiger partial charge < -0.3 is 4.84 Å². The van der Waals surface area contributed by atoms with Crippen LogP contribution >= 0.6 is 11.6 Å². The van der Waals surface area contributed by atoms with Crippen LogP contribution in [-0.4, -0.2) is 20.4 Å². The van der Waals surface area contributed by atoms with E-state index in [1.54, 1.807) is 30.3 Å². The normalized spacial score (nSPS) is 14.7. The predicted octanol–water partition coefficient (Wildman–Crippen LogP) is 3.37. The molecule has 0 aliphatic carbocycles. The van der Waals surface area contributed by atoms with Gasteiger partial charge >= 0.3 is 11.6 Å². The van der Waals surface area contributed by atoms with Gasteiger partial charge in [0.1, 0.15) is 18.2 Å². The summed E-state index contributed by atoms with van der Waals surface area (Å²) in [4.78, 5) is 34.6. The average Bonchev–Trinajstić information content (AvgIpc) is 2.72. The number of fused-ring (bicyclic) bond motifs is 1. The minimum absolute atomic E-state index is 0.249. The fourth-order valence-electron chi connectivity index (χ4n) is 3.07. The summed E-state index contributed by atoms with van der Waals surface area (Å²) in [5.74, 6) is -6.35. The monoisotopic (exact) mass is 453 g/mol. The molecule has 31 heavy (non-hydrogen) atoms. The van der Waals surface area contributed by atoms with E-state index in [1.807, 2.05) is 0 Å². The Morgan fingerprint density at radius 3 is 2.48 bits per heavy atom. The van der Waals surface area contributed by atoms with Crippen LogP contribution in [0.1, 0.15) is 11.1 Å². The second kappa shape index (κ2) is 7.69. The molecule has 0 N–H and O–H groups in total. The first kappa shape index (κ1) is 20.9. The van der Waals surface area contributed by atoms with Crippen LogP contribution in [-0.2, 0) is 13.0 Å². The summed E-state index contributed by atoms with van der Waals surface area (Å²) in [6, 6.07) is 10.7. The van der Waals surface area contributed by atoms with Crippen LogP contribution in [0.4, 0.5) is 23.4 Å². The van der Waals surface area contributed by atoms with Gasteiger partial charge in [-0.15, -0.1) is 0 Å². The standard InChI is InChI=1S/C20H12ClF4N3O3/c21-18-20(24,25)9-13-16(26-18)27(15-7-6-12(22)8-14(15)23)19(30)28(17(13)29)31-10-11-4-2-1-3-5-11/h1-8H,9-10H2. The highest BCUT2D eigenvalue weighted by molar-refractivity contribution is 6.67. The molecule has 0 radical (unpaired) electrons. The highest BCUT2D eigenvalue weighted by Crippen LogP contribution is 2.34. The van der Waals surface area contributed by atoms with Gasteiger partial charge in [0.25, 0.3) is 5.56 Å². The van der Waals surface area contributed by atoms with Crippen molar-refractivity contribution in [3.8, 4) is 5.69 Å². The van der Waals surface area contributed by atoms with Crippen LogP contribution < -0.4 is 16.1 Å². The van der Waals surface area contributed by atoms with E-state index in [-0.39, 0.29) is 11.3 Å². The zero-order valence-electron chi connectivity index (χ0n) is 15.5. The van der Waals surface area contributed by atoms with Gasteiger partial charge in [0.2, 0.25) is 0 Å². The summed E-state index contributed by atoms with van der Waals surface area (Å²) in [6.45, 7) is -0.249. The van der Waals surface area contributed by atoms with E-state index in [9.17, 15) is 27.2 Å². The van der Waals surface area contributed by atoms with Crippen molar-refractivity contribution in [2.75, 3.05) is 0 Å². The second-order valence-corrected chi connectivity index (χ2v) is 7.02. The van der Waals surface area contributed by atoms with Crippen LogP contribution in [0.2, 0.25) is 0 Å². The summed E-state index contributed by atoms with van der Waals surface area (Å²) < 4.78 is 56.9. The molecule has 0 unspecified atom stereocenters. The molecule has 160 valence electrons. The van der Waals surface area contributed by atoms with E-state index in [0.717, 1.165) is 12.1 Å². The van der Waals surface area contributed by atoms with Gasteiger partial charge in [0.15, 0.2) is 11.0 Å². The third-order valence-corrected chi connectivity index (χ3v) is 4.91. The lowest BCUT2D eigenvalue weighted by Gasteiger charge is -2.24. The van der Waals surface area contributed by atoms with E-state index in [2.05, 4.69) is 4.99 Å². The Bertz CT molecular complexity index is 1320. The molecular weight excluding hydrogens is 442 g/mol. The summed E-state index contributed by atoms with van der Waals surface area (Å²) in [6.07, 6.45) is -1.18. The molecule has 0 bridgehead atoms. The first-order chi connectivity index (χ1) is 14.7. The fraction of sp³-hybridized carbons (Fsp3) is 0.150. The fourth-order valence-corrected chi connectivity index (χ4v) is 3.22. The summed E-state index contributed by atoms with van der Waals surface area (Å²) in [7, 11) is 0. The summed E-state index contributed by atoms with van der Waals surface area (Å²) in [5.41, 5.74) is -2.94. The molecule has 0 saturated heterocycles. The first-order valence-corrected chi connectivity index (χ1v) is 9.23. The molecule has 2 heterocycles. The maximum atomic E-state index is 14.5. The Morgan fingerprint density at radius 2 is 1.81 bits per heavy atom. The van der Waals surface area contributed by atoms with Crippen molar-refractivity contribution < 1.29 is 22.4 Å². The van der Waals surface area contributed by atoms with Crippen LogP contribution in [0.3, 0.4) is 0 Å². The molecule has 1 aliphatic rings. The molecule has 6 nitrogen and oxygen atoms in total. The molecule has 1 aromatic heterocycles. The largest absolute Gasteiger partial charge is 0.401 e. The quantitative estimate of drug-likeness (QED) is 0.569. The molecule has 0 fully saturated rings. The van der Waals surface area contributed by atoms with Crippen molar-refractivity contribution in [1.29, 1.82) is 0 Å². The smallest absolute Gasteiger partial charge is 0.371 e. The number of nitrogens with zero attached hydrogens (tertiary/aromatic N) is 3. The van der Waals surface area contributed by atoms with Gasteiger partial charge in [-0.2, -0.15) is 8.78 Å². The van der Waals surface area contributed by atoms with Gasteiger partial charge in [-0.1, -0.05) is 46.7 Å². The van der Waals surface area contributed by atoms with Crippen LogP contribution in [0.25, 0.3) is 5.69 Å². The number of hydrogen-bond acceptors (Lipinski definition) is 4. The minimum Gasteiger partial charge on any atom is -0.401 e. The lowest BCUT2D eigenvalue weighted by Crippen LogP contribution is -2.47. The number of halogens is 5. The second-order valence-electron chi connectivity index (χ2n) is 6.66. The highest BCUT2D eigenvalue weighted by atomic mass is 35.5. The SMILES string of the molecule is O=c1c2c(n(-c3ccc(F)cc3F)c(=O)n1OCc1ccccc1)N=C(Cl)C(F)(F)C2. The molecule has 2 aromatic carbocycles. The number of benzene rings is 2. The first-order valence-electron chi connectivity index (χ1n) is 8.85. The van der Waals surface area contributed by atoms with Gasteiger partial charge in [-0.3, -0.25) is 4.79 Å². The summed E-state index contributed by atoms with van der Waals surface area (Å²) in [5, 5.41) is -1.17. The van der Waals surface area contributed by atoms with Crippen molar-refractivity contribution in [2.45, 2.75) is 19.0 Å². The van der Waals surface area contributed by atoms with E-state index in [1.165, 1.54) is 0 Å². The summed E-state index contributed by atoms with van der Waals surface area (Å²) >= 11 is 5.54. The lowest BCUT2D eigenvalue weighted by molar-refractivity contribution is 0.0664. The molecule has 0 spiro atoms. The number of rotatable bonds is 4. The number of aromatic nitrogens is 2. The molecule has 0 amide bonds. The molecular formula is C20H12ClF4N3O3. The maximum Gasteiger partial charge on any atom is 0.371 e.